The van der Waals surface area contributed by atoms with Gasteiger partial charge in [-0.15, -0.1) is 0 Å². The van der Waals surface area contributed by atoms with Gasteiger partial charge in [0.05, 0.1) is 11.8 Å². The van der Waals surface area contributed by atoms with Crippen molar-refractivity contribution < 1.29 is 9.26 Å². The van der Waals surface area contributed by atoms with Crippen molar-refractivity contribution in [2.45, 2.75) is 18.9 Å². The molecular formula is C15H19N3O2. The Bertz CT molecular complexity index is 574. The molecule has 0 aliphatic carbocycles. The summed E-state index contributed by atoms with van der Waals surface area (Å²) in [4.78, 5) is 2.32. The maximum atomic E-state index is 6.16. The highest BCUT2D eigenvalue weighted by atomic mass is 16.5. The number of ether oxygens (including phenoxy) is 1. The number of likely N-dealkylation sites (tertiary alicyclic amines) is 1. The number of hydrogen-bond acceptors (Lipinski definition) is 5. The molecule has 5 nitrogen and oxygen atoms in total. The van der Waals surface area contributed by atoms with Gasteiger partial charge in [-0.2, -0.15) is 0 Å². The van der Waals surface area contributed by atoms with Crippen LogP contribution in [-0.4, -0.2) is 36.3 Å². The first-order valence-electron chi connectivity index (χ1n) is 6.89. The highest BCUT2D eigenvalue weighted by Crippen LogP contribution is 2.34. The number of nitrogens with two attached hydrogens (primary N) is 1. The summed E-state index contributed by atoms with van der Waals surface area (Å²) in [7, 11) is 2.14. The molecule has 20 heavy (non-hydrogen) atoms. The van der Waals surface area contributed by atoms with E-state index in [0.717, 1.165) is 42.8 Å². The second-order valence-electron chi connectivity index (χ2n) is 5.22. The summed E-state index contributed by atoms with van der Waals surface area (Å²) in [5, 5.41) is 3.73. The molecule has 106 valence electrons. The topological polar surface area (TPSA) is 64.5 Å². The van der Waals surface area contributed by atoms with Gasteiger partial charge in [0.1, 0.15) is 11.9 Å². The van der Waals surface area contributed by atoms with E-state index in [2.05, 4.69) is 17.1 Å². The van der Waals surface area contributed by atoms with Crippen molar-refractivity contribution in [1.29, 1.82) is 0 Å². The molecule has 1 aliphatic rings. The van der Waals surface area contributed by atoms with Gasteiger partial charge in [0.15, 0.2) is 0 Å². The van der Waals surface area contributed by atoms with E-state index < -0.39 is 0 Å². The predicted molar refractivity (Wildman–Crippen MR) is 77.5 cm³/mol. The summed E-state index contributed by atoms with van der Waals surface area (Å²) in [6.45, 7) is 2.14. The van der Waals surface area contributed by atoms with E-state index in [4.69, 9.17) is 15.0 Å². The predicted octanol–water partition coefficient (Wildman–Crippen LogP) is 2.40. The van der Waals surface area contributed by atoms with Crippen LogP contribution in [0.25, 0.3) is 11.1 Å². The SMILES string of the molecule is CN1CCC(Oc2ccccc2-c2cnoc2N)CC1. The zero-order chi connectivity index (χ0) is 13.9. The minimum atomic E-state index is 0.258. The van der Waals surface area contributed by atoms with Gasteiger partial charge in [0.2, 0.25) is 5.88 Å². The summed E-state index contributed by atoms with van der Waals surface area (Å²) >= 11 is 0. The van der Waals surface area contributed by atoms with Crippen LogP contribution in [0.15, 0.2) is 35.0 Å². The maximum absolute atomic E-state index is 6.16. The largest absolute Gasteiger partial charge is 0.490 e. The van der Waals surface area contributed by atoms with Crippen LogP contribution in [0.3, 0.4) is 0 Å². The van der Waals surface area contributed by atoms with Gasteiger partial charge in [-0.25, -0.2) is 0 Å². The van der Waals surface area contributed by atoms with Crippen LogP contribution in [0.5, 0.6) is 5.75 Å². The third-order valence-corrected chi connectivity index (χ3v) is 3.73. The number of rotatable bonds is 3. The molecular weight excluding hydrogens is 254 g/mol. The Hall–Kier alpha value is -2.01. The van der Waals surface area contributed by atoms with Crippen LogP contribution in [-0.2, 0) is 0 Å². The number of anilines is 1. The first kappa shape index (κ1) is 13.0. The van der Waals surface area contributed by atoms with Crippen molar-refractivity contribution in [3.05, 3.63) is 30.5 Å². The molecule has 2 aromatic rings. The molecule has 0 spiro atoms. The minimum absolute atomic E-state index is 0.258. The third-order valence-electron chi connectivity index (χ3n) is 3.73. The monoisotopic (exact) mass is 273 g/mol. The average molecular weight is 273 g/mol. The smallest absolute Gasteiger partial charge is 0.230 e. The van der Waals surface area contributed by atoms with Crippen molar-refractivity contribution in [1.82, 2.24) is 10.1 Å². The third kappa shape index (κ3) is 2.63. The molecule has 2 heterocycles. The first-order valence-corrected chi connectivity index (χ1v) is 6.89. The van der Waals surface area contributed by atoms with Gasteiger partial charge < -0.3 is 19.9 Å². The molecule has 0 amide bonds. The van der Waals surface area contributed by atoms with E-state index in [1.807, 2.05) is 24.3 Å². The number of piperidine rings is 1. The van der Waals surface area contributed by atoms with E-state index in [1.54, 1.807) is 6.20 Å². The number of hydrogen-bond donors (Lipinski definition) is 1. The quantitative estimate of drug-likeness (QED) is 0.930. The van der Waals surface area contributed by atoms with Crippen LogP contribution in [0.1, 0.15) is 12.8 Å². The first-order chi connectivity index (χ1) is 9.74. The maximum Gasteiger partial charge on any atom is 0.230 e. The molecule has 0 saturated carbocycles. The fraction of sp³-hybridized carbons (Fsp3) is 0.400. The second-order valence-corrected chi connectivity index (χ2v) is 5.22. The number of aromatic nitrogens is 1. The lowest BCUT2D eigenvalue weighted by Crippen LogP contribution is -2.35. The fourth-order valence-electron chi connectivity index (χ4n) is 2.53. The van der Waals surface area contributed by atoms with Crippen molar-refractivity contribution in [3.63, 3.8) is 0 Å². The Morgan fingerprint density at radius 3 is 2.70 bits per heavy atom. The molecule has 3 rings (SSSR count). The Balaban J connectivity index is 1.82. The summed E-state index contributed by atoms with van der Waals surface area (Å²) < 4.78 is 11.1. The minimum Gasteiger partial charge on any atom is -0.490 e. The lowest BCUT2D eigenvalue weighted by atomic mass is 10.1. The zero-order valence-corrected chi connectivity index (χ0v) is 11.6. The van der Waals surface area contributed by atoms with Crippen LogP contribution >= 0.6 is 0 Å². The summed E-state index contributed by atoms with van der Waals surface area (Å²) in [6.07, 6.45) is 3.98. The van der Waals surface area contributed by atoms with Crippen molar-refractivity contribution in [2.24, 2.45) is 0 Å². The molecule has 0 atom stereocenters. The Labute approximate surface area is 118 Å². The number of nitrogen functional groups attached to an aromatic ring is 1. The normalized spacial score (nSPS) is 17.2. The van der Waals surface area contributed by atoms with Gasteiger partial charge in [0.25, 0.3) is 0 Å². The van der Waals surface area contributed by atoms with Gasteiger partial charge in [0, 0.05) is 18.7 Å². The lowest BCUT2D eigenvalue weighted by Gasteiger charge is -2.29. The highest BCUT2D eigenvalue weighted by Gasteiger charge is 2.20. The van der Waals surface area contributed by atoms with E-state index in [9.17, 15) is 0 Å². The van der Waals surface area contributed by atoms with Crippen molar-refractivity contribution in [2.75, 3.05) is 25.9 Å². The van der Waals surface area contributed by atoms with Gasteiger partial charge in [-0.05, 0) is 26.0 Å². The lowest BCUT2D eigenvalue weighted by molar-refractivity contribution is 0.115. The van der Waals surface area contributed by atoms with Gasteiger partial charge in [-0.1, -0.05) is 23.4 Å². The highest BCUT2D eigenvalue weighted by molar-refractivity contribution is 5.76. The Morgan fingerprint density at radius 2 is 2.00 bits per heavy atom. The van der Waals surface area contributed by atoms with Crippen LogP contribution in [0, 0.1) is 0 Å². The number of benzene rings is 1. The van der Waals surface area contributed by atoms with Crippen molar-refractivity contribution >= 4 is 5.88 Å². The molecule has 0 bridgehead atoms. The van der Waals surface area contributed by atoms with Crippen LogP contribution in [0.4, 0.5) is 5.88 Å². The molecule has 1 aromatic heterocycles. The molecule has 5 heteroatoms. The second kappa shape index (κ2) is 5.54. The van der Waals surface area contributed by atoms with Gasteiger partial charge in [-0.3, -0.25) is 0 Å². The van der Waals surface area contributed by atoms with Gasteiger partial charge >= 0.3 is 0 Å². The fourth-order valence-corrected chi connectivity index (χ4v) is 2.53. The number of nitrogens with zero attached hydrogens (tertiary/aromatic N) is 2. The van der Waals surface area contributed by atoms with E-state index in [0.29, 0.717) is 5.88 Å². The van der Waals surface area contributed by atoms with E-state index >= 15 is 0 Å². The Kier molecular flexibility index (Phi) is 3.60. The van der Waals surface area contributed by atoms with Crippen LogP contribution in [0.2, 0.25) is 0 Å². The summed E-state index contributed by atoms with van der Waals surface area (Å²) in [5.74, 6) is 1.17. The van der Waals surface area contributed by atoms with E-state index in [1.165, 1.54) is 0 Å². The molecule has 1 saturated heterocycles. The summed E-state index contributed by atoms with van der Waals surface area (Å²) in [5.41, 5.74) is 7.52. The standard InChI is InChI=1S/C15H19N3O2/c1-18-8-6-11(7-9-18)19-14-5-3-2-4-12(14)13-10-17-20-15(13)16/h2-5,10-11H,6-9,16H2,1H3. The molecule has 2 N–H and O–H groups in total. The summed E-state index contributed by atoms with van der Waals surface area (Å²) in [6, 6.07) is 7.88. The van der Waals surface area contributed by atoms with Crippen LogP contribution < -0.4 is 10.5 Å². The molecule has 0 unspecified atom stereocenters. The van der Waals surface area contributed by atoms with Crippen molar-refractivity contribution in [3.8, 4) is 16.9 Å². The Morgan fingerprint density at radius 1 is 1.25 bits per heavy atom. The molecule has 0 radical (unpaired) electrons. The number of para-hydroxylation sites is 1. The van der Waals surface area contributed by atoms with E-state index in [-0.39, 0.29) is 6.10 Å². The average Bonchev–Trinajstić information content (AvgIpc) is 2.88. The zero-order valence-electron chi connectivity index (χ0n) is 11.6. The molecule has 1 fully saturated rings. The molecule has 1 aliphatic heterocycles. The molecule has 1 aromatic carbocycles.